The molecule has 0 radical (unpaired) electrons. The van der Waals surface area contributed by atoms with E-state index in [0.717, 1.165) is 31.6 Å². The SMILES string of the molecule is CCNc1ccc(S(=O)(=O)N(CC)CC)cc1NCC(=O)N1CCCC(C)C1. The second-order valence-electron chi connectivity index (χ2n) is 7.27. The average Bonchev–Trinajstić information content (AvgIpc) is 2.67. The van der Waals surface area contributed by atoms with Crippen LogP contribution in [0.1, 0.15) is 40.5 Å². The fraction of sp³-hybridized carbons (Fsp3) is 0.650. The van der Waals surface area contributed by atoms with Crippen molar-refractivity contribution < 1.29 is 13.2 Å². The Morgan fingerprint density at radius 2 is 1.89 bits per heavy atom. The van der Waals surface area contributed by atoms with Crippen molar-refractivity contribution in [2.75, 3.05) is 49.9 Å². The van der Waals surface area contributed by atoms with Gasteiger partial charge in [-0.1, -0.05) is 20.8 Å². The number of carbonyl (C=O) groups excluding carboxylic acids is 1. The number of benzene rings is 1. The predicted octanol–water partition coefficient (Wildman–Crippen LogP) is 2.82. The number of piperidine rings is 1. The molecule has 1 amide bonds. The summed E-state index contributed by atoms with van der Waals surface area (Å²) in [5.74, 6) is 0.573. The maximum absolute atomic E-state index is 12.8. The lowest BCUT2D eigenvalue weighted by molar-refractivity contribution is -0.130. The number of sulfonamides is 1. The molecule has 7 nitrogen and oxygen atoms in total. The van der Waals surface area contributed by atoms with Crippen molar-refractivity contribution >= 4 is 27.3 Å². The van der Waals surface area contributed by atoms with E-state index in [2.05, 4.69) is 17.6 Å². The number of likely N-dealkylation sites (tertiary alicyclic amines) is 1. The van der Waals surface area contributed by atoms with Gasteiger partial charge in [0.05, 0.1) is 22.8 Å². The predicted molar refractivity (Wildman–Crippen MR) is 114 cm³/mol. The molecule has 1 aromatic rings. The molecule has 0 spiro atoms. The zero-order valence-electron chi connectivity index (χ0n) is 17.5. The highest BCUT2D eigenvalue weighted by Gasteiger charge is 2.24. The topological polar surface area (TPSA) is 81.8 Å². The summed E-state index contributed by atoms with van der Waals surface area (Å²) in [4.78, 5) is 14.7. The van der Waals surface area contributed by atoms with Gasteiger partial charge in [0.25, 0.3) is 0 Å². The quantitative estimate of drug-likeness (QED) is 0.654. The van der Waals surface area contributed by atoms with Crippen molar-refractivity contribution in [1.29, 1.82) is 0 Å². The third-order valence-corrected chi connectivity index (χ3v) is 7.19. The van der Waals surface area contributed by atoms with E-state index in [1.807, 2.05) is 25.7 Å². The largest absolute Gasteiger partial charge is 0.384 e. The molecule has 2 N–H and O–H groups in total. The van der Waals surface area contributed by atoms with Crippen LogP contribution in [0, 0.1) is 5.92 Å². The normalized spacial score (nSPS) is 17.6. The molecule has 1 heterocycles. The Hall–Kier alpha value is -1.80. The van der Waals surface area contributed by atoms with E-state index in [9.17, 15) is 13.2 Å². The molecule has 0 bridgehead atoms. The Morgan fingerprint density at radius 1 is 1.18 bits per heavy atom. The first-order valence-corrected chi connectivity index (χ1v) is 11.7. The van der Waals surface area contributed by atoms with Crippen LogP contribution in [0.15, 0.2) is 23.1 Å². The number of nitrogens with one attached hydrogen (secondary N) is 2. The first-order valence-electron chi connectivity index (χ1n) is 10.2. The molecule has 8 heteroatoms. The van der Waals surface area contributed by atoms with Crippen LogP contribution in [0.3, 0.4) is 0 Å². The van der Waals surface area contributed by atoms with Crippen LogP contribution >= 0.6 is 0 Å². The van der Waals surface area contributed by atoms with Gasteiger partial charge in [-0.15, -0.1) is 0 Å². The van der Waals surface area contributed by atoms with Crippen LogP contribution in [0.4, 0.5) is 11.4 Å². The molecule has 1 aromatic carbocycles. The first kappa shape index (κ1) is 22.5. The Morgan fingerprint density at radius 3 is 2.50 bits per heavy atom. The smallest absolute Gasteiger partial charge is 0.243 e. The van der Waals surface area contributed by atoms with Gasteiger partial charge in [0, 0.05) is 32.7 Å². The molecule has 1 unspecified atom stereocenters. The summed E-state index contributed by atoms with van der Waals surface area (Å²) in [6.45, 7) is 11.1. The molecular formula is C20H34N4O3S. The average molecular weight is 411 g/mol. The number of rotatable bonds is 9. The van der Waals surface area contributed by atoms with Crippen LogP contribution in [0.2, 0.25) is 0 Å². The number of hydrogen-bond donors (Lipinski definition) is 2. The van der Waals surface area contributed by atoms with E-state index in [1.165, 1.54) is 4.31 Å². The molecule has 1 aliphatic heterocycles. The van der Waals surface area contributed by atoms with E-state index in [4.69, 9.17) is 0 Å². The number of hydrogen-bond acceptors (Lipinski definition) is 5. The number of amides is 1. The number of nitrogens with zero attached hydrogens (tertiary/aromatic N) is 2. The summed E-state index contributed by atoms with van der Waals surface area (Å²) in [5.41, 5.74) is 1.43. The van der Waals surface area contributed by atoms with E-state index < -0.39 is 10.0 Å². The molecular weight excluding hydrogens is 376 g/mol. The minimum Gasteiger partial charge on any atom is -0.384 e. The van der Waals surface area contributed by atoms with Gasteiger partial charge in [0.1, 0.15) is 0 Å². The molecule has 0 aromatic heterocycles. The van der Waals surface area contributed by atoms with Crippen molar-refractivity contribution in [3.8, 4) is 0 Å². The third-order valence-electron chi connectivity index (χ3n) is 5.14. The van der Waals surface area contributed by atoms with E-state index in [0.29, 0.717) is 31.2 Å². The van der Waals surface area contributed by atoms with Gasteiger partial charge in [0.15, 0.2) is 0 Å². The Kier molecular flexibility index (Phi) is 8.12. The fourth-order valence-corrected chi connectivity index (χ4v) is 5.07. The Balaban J connectivity index is 2.20. The standard InChI is InChI=1S/C20H34N4O3S/c1-5-21-18-11-10-17(28(26,27)24(6-2)7-3)13-19(18)22-14-20(25)23-12-8-9-16(4)15-23/h10-11,13,16,21-22H,5-9,12,14-15H2,1-4H3. The summed E-state index contributed by atoms with van der Waals surface area (Å²) in [5, 5.41) is 6.39. The summed E-state index contributed by atoms with van der Waals surface area (Å²) in [6, 6.07) is 5.00. The van der Waals surface area contributed by atoms with Crippen LogP contribution in [-0.2, 0) is 14.8 Å². The van der Waals surface area contributed by atoms with E-state index in [-0.39, 0.29) is 17.3 Å². The summed E-state index contributed by atoms with van der Waals surface area (Å²) >= 11 is 0. The van der Waals surface area contributed by atoms with Crippen molar-refractivity contribution in [3.05, 3.63) is 18.2 Å². The zero-order chi connectivity index (χ0) is 20.7. The monoisotopic (exact) mass is 410 g/mol. The summed E-state index contributed by atoms with van der Waals surface area (Å²) in [6.07, 6.45) is 2.19. The van der Waals surface area contributed by atoms with Crippen LogP contribution in [0.5, 0.6) is 0 Å². The van der Waals surface area contributed by atoms with Gasteiger partial charge >= 0.3 is 0 Å². The van der Waals surface area contributed by atoms with Gasteiger partial charge in [-0.3, -0.25) is 4.79 Å². The molecule has 1 atom stereocenters. The Bertz CT molecular complexity index is 763. The molecule has 1 saturated heterocycles. The number of carbonyl (C=O) groups is 1. The lowest BCUT2D eigenvalue weighted by Gasteiger charge is -2.31. The second kappa shape index (κ2) is 10.1. The highest BCUT2D eigenvalue weighted by atomic mass is 32.2. The Labute approximate surface area is 169 Å². The highest BCUT2D eigenvalue weighted by Crippen LogP contribution is 2.27. The lowest BCUT2D eigenvalue weighted by Crippen LogP contribution is -2.42. The minimum absolute atomic E-state index is 0.0472. The summed E-state index contributed by atoms with van der Waals surface area (Å²) in [7, 11) is -3.55. The van der Waals surface area contributed by atoms with Gasteiger partial charge < -0.3 is 15.5 Å². The maximum Gasteiger partial charge on any atom is 0.243 e. The van der Waals surface area contributed by atoms with Gasteiger partial charge in [0.2, 0.25) is 15.9 Å². The highest BCUT2D eigenvalue weighted by molar-refractivity contribution is 7.89. The van der Waals surface area contributed by atoms with E-state index >= 15 is 0 Å². The van der Waals surface area contributed by atoms with Crippen molar-refractivity contribution in [2.24, 2.45) is 5.92 Å². The maximum atomic E-state index is 12.8. The van der Waals surface area contributed by atoms with Crippen molar-refractivity contribution in [2.45, 2.75) is 45.4 Å². The third kappa shape index (κ3) is 5.38. The van der Waals surface area contributed by atoms with Crippen LogP contribution < -0.4 is 10.6 Å². The van der Waals surface area contributed by atoms with Gasteiger partial charge in [-0.25, -0.2) is 8.42 Å². The number of anilines is 2. The molecule has 2 rings (SSSR count). The van der Waals surface area contributed by atoms with Crippen LogP contribution in [-0.4, -0.2) is 62.8 Å². The van der Waals surface area contributed by atoms with E-state index in [1.54, 1.807) is 18.2 Å². The molecule has 28 heavy (non-hydrogen) atoms. The van der Waals surface area contributed by atoms with Gasteiger partial charge in [-0.2, -0.15) is 4.31 Å². The second-order valence-corrected chi connectivity index (χ2v) is 9.21. The molecule has 158 valence electrons. The summed E-state index contributed by atoms with van der Waals surface area (Å²) < 4.78 is 27.1. The zero-order valence-corrected chi connectivity index (χ0v) is 18.3. The first-order chi connectivity index (χ1) is 13.3. The fourth-order valence-electron chi connectivity index (χ4n) is 3.59. The molecule has 1 aliphatic rings. The lowest BCUT2D eigenvalue weighted by atomic mass is 10.0. The van der Waals surface area contributed by atoms with Gasteiger partial charge in [-0.05, 0) is 43.9 Å². The minimum atomic E-state index is -3.55. The van der Waals surface area contributed by atoms with Crippen molar-refractivity contribution in [3.63, 3.8) is 0 Å². The molecule has 0 saturated carbocycles. The van der Waals surface area contributed by atoms with Crippen molar-refractivity contribution in [1.82, 2.24) is 9.21 Å². The molecule has 1 fully saturated rings. The van der Waals surface area contributed by atoms with Crippen LogP contribution in [0.25, 0.3) is 0 Å². The molecule has 0 aliphatic carbocycles.